The van der Waals surface area contributed by atoms with Crippen molar-refractivity contribution in [2.75, 3.05) is 6.61 Å². The second kappa shape index (κ2) is 6.35. The number of hydrogen-bond acceptors (Lipinski definition) is 3. The highest BCUT2D eigenvalue weighted by atomic mass is 16.7. The van der Waals surface area contributed by atoms with Crippen molar-refractivity contribution in [2.24, 2.45) is 0 Å². The van der Waals surface area contributed by atoms with E-state index in [4.69, 9.17) is 14.0 Å². The fourth-order valence-corrected chi connectivity index (χ4v) is 4.59. The van der Waals surface area contributed by atoms with E-state index in [-0.39, 0.29) is 18.3 Å². The summed E-state index contributed by atoms with van der Waals surface area (Å²) in [4.78, 5) is 0. The Morgan fingerprint density at radius 2 is 1.64 bits per heavy atom. The van der Waals surface area contributed by atoms with E-state index in [2.05, 4.69) is 45.9 Å². The molecule has 0 atom stereocenters. The Morgan fingerprint density at radius 3 is 2.32 bits per heavy atom. The van der Waals surface area contributed by atoms with Gasteiger partial charge >= 0.3 is 7.12 Å². The lowest BCUT2D eigenvalue weighted by atomic mass is 9.32. The lowest BCUT2D eigenvalue weighted by molar-refractivity contribution is 0.00578. The van der Waals surface area contributed by atoms with Crippen LogP contribution in [-0.4, -0.2) is 31.6 Å². The third kappa shape index (κ3) is 3.14. The molecular weight excluding hydrogens is 310 g/mol. The third-order valence-corrected chi connectivity index (χ3v) is 6.87. The molecule has 2 heterocycles. The second-order valence-corrected chi connectivity index (χ2v) is 9.03. The highest BCUT2D eigenvalue weighted by Gasteiger charge is 2.52. The summed E-state index contributed by atoms with van der Waals surface area (Å²) >= 11 is 0. The van der Waals surface area contributed by atoms with Crippen molar-refractivity contribution in [1.82, 2.24) is 0 Å². The zero-order valence-corrected chi connectivity index (χ0v) is 16.1. The minimum atomic E-state index is -0.311. The van der Waals surface area contributed by atoms with Crippen LogP contribution in [0.15, 0.2) is 18.2 Å². The van der Waals surface area contributed by atoms with Crippen LogP contribution in [0.3, 0.4) is 0 Å². The number of benzene rings is 1. The van der Waals surface area contributed by atoms with Gasteiger partial charge in [-0.3, -0.25) is 0 Å². The van der Waals surface area contributed by atoms with Gasteiger partial charge in [0.05, 0.1) is 17.8 Å². The number of ether oxygens (including phenoxy) is 1. The zero-order chi connectivity index (χ0) is 17.7. The first-order valence-electron chi connectivity index (χ1n) is 10.00. The van der Waals surface area contributed by atoms with E-state index >= 15 is 0 Å². The van der Waals surface area contributed by atoms with E-state index < -0.39 is 0 Å². The Morgan fingerprint density at radius 1 is 0.960 bits per heavy atom. The molecule has 1 saturated heterocycles. The summed E-state index contributed by atoms with van der Waals surface area (Å²) in [5, 5.41) is 0. The molecule has 0 N–H and O–H groups in total. The molecule has 4 rings (SSSR count). The molecule has 0 aromatic heterocycles. The van der Waals surface area contributed by atoms with Gasteiger partial charge in [-0.1, -0.05) is 50.1 Å². The summed E-state index contributed by atoms with van der Waals surface area (Å²) in [6, 6.07) is 6.62. The van der Waals surface area contributed by atoms with Gasteiger partial charge in [-0.05, 0) is 51.0 Å². The van der Waals surface area contributed by atoms with Gasteiger partial charge in [-0.15, -0.1) is 0 Å². The second-order valence-electron chi connectivity index (χ2n) is 9.03. The van der Waals surface area contributed by atoms with Crippen LogP contribution in [0, 0.1) is 0 Å². The monoisotopic (exact) mass is 340 g/mol. The third-order valence-electron chi connectivity index (χ3n) is 6.87. The van der Waals surface area contributed by atoms with Crippen molar-refractivity contribution in [3.8, 4) is 5.75 Å². The lowest BCUT2D eigenvalue weighted by Crippen LogP contribution is -2.44. The normalized spacial score (nSPS) is 25.6. The molecule has 2 fully saturated rings. The molecular formula is C20H30B2O3. The molecule has 3 aliphatic rings. The summed E-state index contributed by atoms with van der Waals surface area (Å²) < 4.78 is 18.5. The highest BCUT2D eigenvalue weighted by molar-refractivity contribution is 6.76. The van der Waals surface area contributed by atoms with Crippen LogP contribution in [-0.2, 0) is 9.31 Å². The van der Waals surface area contributed by atoms with Crippen LogP contribution in [0.2, 0.25) is 12.1 Å². The summed E-state index contributed by atoms with van der Waals surface area (Å²) in [5.74, 6) is 1.88. The Bertz CT molecular complexity index is 622. The average Bonchev–Trinajstić information content (AvgIpc) is 2.82. The van der Waals surface area contributed by atoms with Gasteiger partial charge in [-0.25, -0.2) is 0 Å². The molecule has 1 aromatic carbocycles. The number of rotatable bonds is 2. The van der Waals surface area contributed by atoms with Gasteiger partial charge in [0, 0.05) is 0 Å². The maximum absolute atomic E-state index is 6.21. The topological polar surface area (TPSA) is 27.7 Å². The van der Waals surface area contributed by atoms with Crippen molar-refractivity contribution in [3.63, 3.8) is 0 Å². The van der Waals surface area contributed by atoms with E-state index in [1.165, 1.54) is 37.6 Å². The molecule has 1 aromatic rings. The number of fused-ring (bicyclic) bond motifs is 1. The fourth-order valence-electron chi connectivity index (χ4n) is 4.59. The highest BCUT2D eigenvalue weighted by Crippen LogP contribution is 2.37. The quantitative estimate of drug-likeness (QED) is 0.773. The predicted molar refractivity (Wildman–Crippen MR) is 105 cm³/mol. The van der Waals surface area contributed by atoms with Crippen LogP contribution in [0.4, 0.5) is 0 Å². The summed E-state index contributed by atoms with van der Waals surface area (Å²) in [5.41, 5.74) is 1.86. The van der Waals surface area contributed by atoms with Crippen molar-refractivity contribution in [1.29, 1.82) is 0 Å². The van der Waals surface area contributed by atoms with Crippen LogP contribution < -0.4 is 15.7 Å². The molecule has 0 radical (unpaired) electrons. The van der Waals surface area contributed by atoms with Crippen LogP contribution >= 0.6 is 0 Å². The average molecular weight is 340 g/mol. The van der Waals surface area contributed by atoms with Crippen LogP contribution in [0.5, 0.6) is 5.75 Å². The Hall–Kier alpha value is -0.930. The first kappa shape index (κ1) is 17.5. The standard InChI is InChI=1S/C20H30B2O3/c1-19(2)20(3,4)25-22(24-19)16-10-11-17-18(14-16)23-13-12-21(17)15-8-6-5-7-9-15/h10-11,14-15H,5-9,12-13H2,1-4H3. The summed E-state index contributed by atoms with van der Waals surface area (Å²) in [6.45, 7) is 9.89. The predicted octanol–water partition coefficient (Wildman–Crippen LogP) is 3.41. The van der Waals surface area contributed by atoms with Gasteiger partial charge in [-0.2, -0.15) is 0 Å². The molecule has 5 heteroatoms. The molecule has 0 unspecified atom stereocenters. The fraction of sp³-hybridized carbons (Fsp3) is 0.700. The van der Waals surface area contributed by atoms with Crippen molar-refractivity contribution >= 4 is 24.8 Å². The Labute approximate surface area is 153 Å². The molecule has 0 spiro atoms. The molecule has 1 saturated carbocycles. The molecule has 0 amide bonds. The van der Waals surface area contributed by atoms with E-state index in [0.717, 1.165) is 30.0 Å². The minimum Gasteiger partial charge on any atom is -0.495 e. The van der Waals surface area contributed by atoms with Gasteiger partial charge in [0.2, 0.25) is 0 Å². The van der Waals surface area contributed by atoms with Crippen molar-refractivity contribution in [3.05, 3.63) is 18.2 Å². The van der Waals surface area contributed by atoms with Gasteiger partial charge in [0.25, 0.3) is 0 Å². The summed E-state index contributed by atoms with van der Waals surface area (Å²) in [6.07, 6.45) is 8.11. The minimum absolute atomic E-state index is 0.306. The zero-order valence-electron chi connectivity index (χ0n) is 16.1. The van der Waals surface area contributed by atoms with E-state index in [0.29, 0.717) is 6.71 Å². The van der Waals surface area contributed by atoms with Crippen LogP contribution in [0.25, 0.3) is 0 Å². The maximum Gasteiger partial charge on any atom is 0.494 e. The number of hydrogen-bond donors (Lipinski definition) is 0. The maximum atomic E-state index is 6.21. The molecule has 3 nitrogen and oxygen atoms in total. The molecule has 2 aliphatic heterocycles. The van der Waals surface area contributed by atoms with Crippen LogP contribution in [0.1, 0.15) is 59.8 Å². The Kier molecular flexibility index (Phi) is 4.44. The first-order valence-corrected chi connectivity index (χ1v) is 10.00. The SMILES string of the molecule is CC1(C)OB(c2ccc3c(c2)OCCB3C2CCCCC2)OC1(C)C. The summed E-state index contributed by atoms with van der Waals surface area (Å²) in [7, 11) is -0.311. The molecule has 1 aliphatic carbocycles. The van der Waals surface area contributed by atoms with Crippen molar-refractivity contribution < 1.29 is 14.0 Å². The van der Waals surface area contributed by atoms with E-state index in [1.807, 2.05) is 0 Å². The molecule has 25 heavy (non-hydrogen) atoms. The lowest BCUT2D eigenvalue weighted by Gasteiger charge is -2.32. The largest absolute Gasteiger partial charge is 0.495 e. The van der Waals surface area contributed by atoms with Gasteiger partial charge < -0.3 is 14.0 Å². The van der Waals surface area contributed by atoms with Gasteiger partial charge in [0.1, 0.15) is 5.75 Å². The van der Waals surface area contributed by atoms with E-state index in [9.17, 15) is 0 Å². The van der Waals surface area contributed by atoms with Crippen molar-refractivity contribution in [2.45, 2.75) is 83.1 Å². The van der Waals surface area contributed by atoms with E-state index in [1.54, 1.807) is 0 Å². The molecule has 134 valence electrons. The first-order chi connectivity index (χ1) is 11.9. The Balaban J connectivity index is 1.58. The molecule has 0 bridgehead atoms. The van der Waals surface area contributed by atoms with Gasteiger partial charge in [0.15, 0.2) is 6.71 Å². The smallest absolute Gasteiger partial charge is 0.494 e.